The molecule has 2 heterocycles. The van der Waals surface area contributed by atoms with Crippen LogP contribution in [0.25, 0.3) is 0 Å². The quantitative estimate of drug-likeness (QED) is 0.559. The van der Waals surface area contributed by atoms with Gasteiger partial charge in [-0.2, -0.15) is 18.2 Å². The molecule has 1 aromatic carbocycles. The molecule has 0 bridgehead atoms. The average molecular weight is 360 g/mol. The summed E-state index contributed by atoms with van der Waals surface area (Å²) in [5.41, 5.74) is 4.36. The first kappa shape index (κ1) is 16.0. The SMILES string of the molecule is Nc1nc(Nc2cc(Cl)c(Cc3nnn[nH]3)c(C(F)(F)F)c2)n[nH]1. The van der Waals surface area contributed by atoms with Crippen LogP contribution in [0.4, 0.5) is 30.8 Å². The normalized spacial score (nSPS) is 11.7. The number of hydrogen-bond donors (Lipinski definition) is 4. The molecule has 5 N–H and O–H groups in total. The number of nitrogen functional groups attached to an aromatic ring is 1. The van der Waals surface area contributed by atoms with Gasteiger partial charge in [0.2, 0.25) is 11.9 Å². The molecule has 0 atom stereocenters. The Morgan fingerprint density at radius 2 is 2.04 bits per heavy atom. The van der Waals surface area contributed by atoms with Crippen LogP contribution in [0.2, 0.25) is 5.02 Å². The molecule has 0 aliphatic carbocycles. The number of benzene rings is 1. The van der Waals surface area contributed by atoms with Crippen molar-refractivity contribution >= 4 is 29.2 Å². The van der Waals surface area contributed by atoms with E-state index in [1.165, 1.54) is 6.07 Å². The third-order valence-corrected chi connectivity index (χ3v) is 3.33. The number of nitrogens with two attached hydrogens (primary N) is 1. The Morgan fingerprint density at radius 1 is 1.25 bits per heavy atom. The van der Waals surface area contributed by atoms with Crippen molar-refractivity contribution in [2.45, 2.75) is 12.6 Å². The summed E-state index contributed by atoms with van der Waals surface area (Å²) in [5.74, 6) is 0.197. The molecule has 0 saturated heterocycles. The molecule has 3 rings (SSSR count). The van der Waals surface area contributed by atoms with Gasteiger partial charge in [0.1, 0.15) is 0 Å². The molecular formula is C11H9ClF3N9. The van der Waals surface area contributed by atoms with Crippen molar-refractivity contribution in [2.75, 3.05) is 11.1 Å². The number of rotatable bonds is 4. The second-order valence-corrected chi connectivity index (χ2v) is 5.08. The Morgan fingerprint density at radius 3 is 2.62 bits per heavy atom. The first-order chi connectivity index (χ1) is 11.3. The molecule has 3 aromatic rings. The van der Waals surface area contributed by atoms with Gasteiger partial charge in [0, 0.05) is 17.1 Å². The standard InChI is InChI=1S/C11H9ClF3N9/c12-7-2-4(17-10-18-9(16)21-22-10)1-6(11(13,14)15)5(7)3-8-19-23-24-20-8/h1-2H,3H2,(H,19,20,23,24)(H4,16,17,18,21,22). The van der Waals surface area contributed by atoms with Gasteiger partial charge in [0.15, 0.2) is 5.82 Å². The fourth-order valence-electron chi connectivity index (χ4n) is 2.02. The number of tetrazole rings is 1. The van der Waals surface area contributed by atoms with Crippen LogP contribution in [0.15, 0.2) is 12.1 Å². The number of halogens is 4. The summed E-state index contributed by atoms with van der Waals surface area (Å²) in [5, 5.41) is 21.2. The zero-order valence-electron chi connectivity index (χ0n) is 11.7. The molecule has 0 fully saturated rings. The minimum Gasteiger partial charge on any atom is -0.368 e. The van der Waals surface area contributed by atoms with Crippen LogP contribution < -0.4 is 11.1 Å². The number of alkyl halides is 3. The molecule has 9 nitrogen and oxygen atoms in total. The topological polar surface area (TPSA) is 134 Å². The molecule has 0 spiro atoms. The second-order valence-electron chi connectivity index (χ2n) is 4.68. The van der Waals surface area contributed by atoms with Crippen molar-refractivity contribution in [1.82, 2.24) is 35.8 Å². The molecule has 0 radical (unpaired) electrons. The van der Waals surface area contributed by atoms with Gasteiger partial charge >= 0.3 is 6.18 Å². The lowest BCUT2D eigenvalue weighted by atomic mass is 10.0. The summed E-state index contributed by atoms with van der Waals surface area (Å²) in [7, 11) is 0. The van der Waals surface area contributed by atoms with Crippen molar-refractivity contribution in [3.8, 4) is 0 Å². The summed E-state index contributed by atoms with van der Waals surface area (Å²) in [6.45, 7) is 0. The van der Waals surface area contributed by atoms with Crippen LogP contribution in [0.1, 0.15) is 17.0 Å². The van der Waals surface area contributed by atoms with Crippen LogP contribution in [-0.4, -0.2) is 35.8 Å². The molecular weight excluding hydrogens is 351 g/mol. The summed E-state index contributed by atoms with van der Waals surface area (Å²) in [6.07, 6.45) is -4.82. The van der Waals surface area contributed by atoms with Crippen molar-refractivity contribution in [3.63, 3.8) is 0 Å². The second kappa shape index (κ2) is 5.96. The Bertz CT molecular complexity index is 843. The van der Waals surface area contributed by atoms with Crippen LogP contribution >= 0.6 is 11.6 Å². The number of nitrogens with one attached hydrogen (secondary N) is 3. The van der Waals surface area contributed by atoms with Crippen LogP contribution in [0.5, 0.6) is 0 Å². The van der Waals surface area contributed by atoms with E-state index in [9.17, 15) is 13.2 Å². The fraction of sp³-hybridized carbons (Fsp3) is 0.182. The molecule has 2 aromatic heterocycles. The highest BCUT2D eigenvalue weighted by Crippen LogP contribution is 2.38. The molecule has 0 aliphatic rings. The van der Waals surface area contributed by atoms with Gasteiger partial charge in [0.25, 0.3) is 0 Å². The predicted molar refractivity (Wildman–Crippen MR) is 77.5 cm³/mol. The zero-order valence-corrected chi connectivity index (χ0v) is 12.4. The highest BCUT2D eigenvalue weighted by atomic mass is 35.5. The largest absolute Gasteiger partial charge is 0.416 e. The van der Waals surface area contributed by atoms with E-state index in [2.05, 4.69) is 41.1 Å². The number of nitrogens with zero attached hydrogens (tertiary/aromatic N) is 5. The molecule has 0 saturated carbocycles. The monoisotopic (exact) mass is 359 g/mol. The smallest absolute Gasteiger partial charge is 0.368 e. The van der Waals surface area contributed by atoms with Crippen molar-refractivity contribution in [1.29, 1.82) is 0 Å². The minimum atomic E-state index is -4.62. The van der Waals surface area contributed by atoms with E-state index in [0.29, 0.717) is 0 Å². The molecule has 126 valence electrons. The van der Waals surface area contributed by atoms with E-state index in [-0.39, 0.29) is 40.4 Å². The van der Waals surface area contributed by atoms with E-state index >= 15 is 0 Å². The van der Waals surface area contributed by atoms with Gasteiger partial charge in [-0.25, -0.2) is 10.2 Å². The van der Waals surface area contributed by atoms with Crippen molar-refractivity contribution in [2.24, 2.45) is 0 Å². The third kappa shape index (κ3) is 3.37. The number of aromatic amines is 2. The zero-order chi connectivity index (χ0) is 17.3. The maximum atomic E-state index is 13.4. The number of hydrogen-bond acceptors (Lipinski definition) is 7. The minimum absolute atomic E-state index is 0.0175. The Kier molecular flexibility index (Phi) is 3.97. The van der Waals surface area contributed by atoms with Gasteiger partial charge in [0.05, 0.1) is 5.56 Å². The van der Waals surface area contributed by atoms with Crippen LogP contribution in [0, 0.1) is 0 Å². The molecule has 0 unspecified atom stereocenters. The lowest BCUT2D eigenvalue weighted by molar-refractivity contribution is -0.138. The maximum Gasteiger partial charge on any atom is 0.416 e. The first-order valence-electron chi connectivity index (χ1n) is 6.40. The van der Waals surface area contributed by atoms with E-state index < -0.39 is 11.7 Å². The fourth-order valence-corrected chi connectivity index (χ4v) is 2.31. The average Bonchev–Trinajstić information content (AvgIpc) is 3.12. The summed E-state index contributed by atoms with van der Waals surface area (Å²) >= 11 is 6.03. The van der Waals surface area contributed by atoms with E-state index in [0.717, 1.165) is 6.07 Å². The molecule has 13 heteroatoms. The van der Waals surface area contributed by atoms with Gasteiger partial charge in [-0.3, -0.25) is 0 Å². The highest BCUT2D eigenvalue weighted by molar-refractivity contribution is 6.31. The first-order valence-corrected chi connectivity index (χ1v) is 6.78. The lowest BCUT2D eigenvalue weighted by Gasteiger charge is -2.15. The maximum absolute atomic E-state index is 13.4. The van der Waals surface area contributed by atoms with Gasteiger partial charge in [-0.1, -0.05) is 11.6 Å². The number of anilines is 3. The Hall–Kier alpha value is -2.89. The van der Waals surface area contributed by atoms with Gasteiger partial charge < -0.3 is 11.1 Å². The lowest BCUT2D eigenvalue weighted by Crippen LogP contribution is -2.11. The Balaban J connectivity index is 2.00. The van der Waals surface area contributed by atoms with Crippen molar-refractivity contribution < 1.29 is 13.2 Å². The Labute approximate surface area is 136 Å². The summed E-state index contributed by atoms with van der Waals surface area (Å²) in [6, 6.07) is 2.22. The molecule has 0 amide bonds. The summed E-state index contributed by atoms with van der Waals surface area (Å²) in [4.78, 5) is 3.75. The highest BCUT2D eigenvalue weighted by Gasteiger charge is 2.35. The number of H-pyrrole nitrogens is 2. The van der Waals surface area contributed by atoms with Crippen LogP contribution in [0.3, 0.4) is 0 Å². The predicted octanol–water partition coefficient (Wildman–Crippen LogP) is 1.91. The van der Waals surface area contributed by atoms with Gasteiger partial charge in [-0.05, 0) is 28.1 Å². The van der Waals surface area contributed by atoms with E-state index in [4.69, 9.17) is 17.3 Å². The van der Waals surface area contributed by atoms with Gasteiger partial charge in [-0.15, -0.1) is 10.2 Å². The van der Waals surface area contributed by atoms with Crippen LogP contribution in [-0.2, 0) is 12.6 Å². The molecule has 24 heavy (non-hydrogen) atoms. The van der Waals surface area contributed by atoms with E-state index in [1.54, 1.807) is 0 Å². The molecule has 0 aliphatic heterocycles. The third-order valence-electron chi connectivity index (χ3n) is 2.99. The van der Waals surface area contributed by atoms with Crippen molar-refractivity contribution in [3.05, 3.63) is 34.1 Å². The van der Waals surface area contributed by atoms with E-state index in [1.807, 2.05) is 0 Å². The summed E-state index contributed by atoms with van der Waals surface area (Å²) < 4.78 is 40.1. The number of aromatic nitrogens is 7.